The first-order chi connectivity index (χ1) is 7.74. The second-order valence-electron chi connectivity index (χ2n) is 4.71. The van der Waals surface area contributed by atoms with Crippen LogP contribution in [0.3, 0.4) is 0 Å². The zero-order valence-corrected chi connectivity index (χ0v) is 11.3. The van der Waals surface area contributed by atoms with Gasteiger partial charge in [0.2, 0.25) is 0 Å². The number of carbonyl (C=O) groups excluding carboxylic acids is 1. The van der Waals surface area contributed by atoms with Crippen LogP contribution in [0.1, 0.15) is 33.0 Å². The van der Waals surface area contributed by atoms with Crippen molar-refractivity contribution < 1.29 is 4.79 Å². The van der Waals surface area contributed by atoms with Gasteiger partial charge in [-0.1, -0.05) is 0 Å². The summed E-state index contributed by atoms with van der Waals surface area (Å²) in [5.74, 6) is 0.187. The van der Waals surface area contributed by atoms with Crippen LogP contribution in [0.25, 0.3) is 0 Å². The Balaban J connectivity index is 0.00000108. The minimum absolute atomic E-state index is 0. The molecule has 5 heteroatoms. The molecule has 0 spiro atoms. The maximum absolute atomic E-state index is 12.2. The van der Waals surface area contributed by atoms with Crippen LogP contribution in [-0.4, -0.2) is 29.9 Å². The second-order valence-corrected chi connectivity index (χ2v) is 5.85. The number of rotatable bonds is 1. The summed E-state index contributed by atoms with van der Waals surface area (Å²) in [6, 6.07) is 2.27. The van der Waals surface area contributed by atoms with Gasteiger partial charge in [0.1, 0.15) is 0 Å². The Morgan fingerprint density at radius 3 is 2.94 bits per heavy atom. The Labute approximate surface area is 111 Å². The van der Waals surface area contributed by atoms with E-state index in [1.54, 1.807) is 11.3 Å². The van der Waals surface area contributed by atoms with Crippen molar-refractivity contribution in [2.24, 2.45) is 5.73 Å². The summed E-state index contributed by atoms with van der Waals surface area (Å²) in [7, 11) is 0. The molecule has 1 aliphatic heterocycles. The third-order valence-electron chi connectivity index (χ3n) is 3.47. The molecule has 0 aromatic carbocycles. The zero-order valence-electron chi connectivity index (χ0n) is 9.65. The van der Waals surface area contributed by atoms with Crippen molar-refractivity contribution in [1.29, 1.82) is 0 Å². The molecule has 1 amide bonds. The lowest BCUT2D eigenvalue weighted by atomic mass is 10.2. The summed E-state index contributed by atoms with van der Waals surface area (Å²) in [4.78, 5) is 16.4. The third kappa shape index (κ3) is 2.34. The molecule has 94 valence electrons. The minimum atomic E-state index is 0. The summed E-state index contributed by atoms with van der Waals surface area (Å²) in [5, 5.41) is 0. The third-order valence-corrected chi connectivity index (χ3v) is 4.69. The largest absolute Gasteiger partial charge is 0.336 e. The monoisotopic (exact) mass is 272 g/mol. The van der Waals surface area contributed by atoms with E-state index in [1.165, 1.54) is 16.9 Å². The SMILES string of the molecule is Cl.N[C@H]1CCN(C(=O)c2cc3c(s2)CCC3)C1. The number of hydrogen-bond donors (Lipinski definition) is 1. The van der Waals surface area contributed by atoms with Gasteiger partial charge in [-0.15, -0.1) is 23.7 Å². The number of likely N-dealkylation sites (tertiary alicyclic amines) is 1. The number of hydrogen-bond acceptors (Lipinski definition) is 3. The van der Waals surface area contributed by atoms with E-state index < -0.39 is 0 Å². The van der Waals surface area contributed by atoms with Crippen molar-refractivity contribution in [3.8, 4) is 0 Å². The molecule has 17 heavy (non-hydrogen) atoms. The predicted octanol–water partition coefficient (Wildman–Crippen LogP) is 1.83. The molecule has 3 rings (SSSR count). The summed E-state index contributed by atoms with van der Waals surface area (Å²) < 4.78 is 0. The minimum Gasteiger partial charge on any atom is -0.336 e. The van der Waals surface area contributed by atoms with Crippen LogP contribution in [0, 0.1) is 0 Å². The molecule has 1 atom stereocenters. The molecule has 2 heterocycles. The van der Waals surface area contributed by atoms with E-state index in [2.05, 4.69) is 6.07 Å². The molecule has 1 aromatic heterocycles. The average Bonchev–Trinajstić information content (AvgIpc) is 2.89. The number of nitrogens with zero attached hydrogens (tertiary/aromatic N) is 1. The quantitative estimate of drug-likeness (QED) is 0.848. The first-order valence-electron chi connectivity index (χ1n) is 5.90. The van der Waals surface area contributed by atoms with Crippen LogP contribution in [0.15, 0.2) is 6.07 Å². The lowest BCUT2D eigenvalue weighted by Gasteiger charge is -2.14. The number of amides is 1. The van der Waals surface area contributed by atoms with Crippen LogP contribution in [-0.2, 0) is 12.8 Å². The Bertz CT molecular complexity index is 411. The van der Waals surface area contributed by atoms with E-state index in [9.17, 15) is 4.79 Å². The Hall–Kier alpha value is -0.580. The summed E-state index contributed by atoms with van der Waals surface area (Å²) in [6.45, 7) is 1.55. The van der Waals surface area contributed by atoms with Gasteiger partial charge in [0.15, 0.2) is 0 Å². The van der Waals surface area contributed by atoms with Gasteiger partial charge in [-0.2, -0.15) is 0 Å². The molecule has 1 aliphatic carbocycles. The topological polar surface area (TPSA) is 46.3 Å². The van der Waals surface area contributed by atoms with Gasteiger partial charge >= 0.3 is 0 Å². The number of fused-ring (bicyclic) bond motifs is 1. The van der Waals surface area contributed by atoms with Crippen molar-refractivity contribution in [3.05, 3.63) is 21.4 Å². The lowest BCUT2D eigenvalue weighted by molar-refractivity contribution is 0.0795. The zero-order chi connectivity index (χ0) is 11.1. The highest BCUT2D eigenvalue weighted by molar-refractivity contribution is 7.14. The van der Waals surface area contributed by atoms with Gasteiger partial charge in [0, 0.05) is 24.0 Å². The molecule has 0 unspecified atom stereocenters. The summed E-state index contributed by atoms with van der Waals surface area (Å²) in [6.07, 6.45) is 4.51. The van der Waals surface area contributed by atoms with Crippen LogP contribution >= 0.6 is 23.7 Å². The standard InChI is InChI=1S/C12H16N2OS.ClH/c13-9-4-5-14(7-9)12(15)11-6-8-2-1-3-10(8)16-11;/h6,9H,1-5,7,13H2;1H/t9-;/m0./s1. The highest BCUT2D eigenvalue weighted by Gasteiger charge is 2.27. The van der Waals surface area contributed by atoms with E-state index in [-0.39, 0.29) is 24.4 Å². The highest BCUT2D eigenvalue weighted by Crippen LogP contribution is 2.31. The van der Waals surface area contributed by atoms with E-state index >= 15 is 0 Å². The van der Waals surface area contributed by atoms with Gasteiger partial charge < -0.3 is 10.6 Å². The molecule has 0 radical (unpaired) electrons. The van der Waals surface area contributed by atoms with E-state index in [1.807, 2.05) is 4.90 Å². The maximum atomic E-state index is 12.2. The van der Waals surface area contributed by atoms with Gasteiger partial charge in [-0.25, -0.2) is 0 Å². The van der Waals surface area contributed by atoms with Crippen molar-refractivity contribution in [3.63, 3.8) is 0 Å². The number of halogens is 1. The van der Waals surface area contributed by atoms with Crippen LogP contribution in [0.4, 0.5) is 0 Å². The average molecular weight is 273 g/mol. The van der Waals surface area contributed by atoms with Crippen LogP contribution < -0.4 is 5.73 Å². The molecule has 3 nitrogen and oxygen atoms in total. The summed E-state index contributed by atoms with van der Waals surface area (Å²) in [5.41, 5.74) is 7.22. The van der Waals surface area contributed by atoms with Crippen molar-refractivity contribution in [1.82, 2.24) is 4.90 Å². The fraction of sp³-hybridized carbons (Fsp3) is 0.583. The highest BCUT2D eigenvalue weighted by atomic mass is 35.5. The van der Waals surface area contributed by atoms with Crippen LogP contribution in [0.5, 0.6) is 0 Å². The molecule has 1 fully saturated rings. The smallest absolute Gasteiger partial charge is 0.263 e. The maximum Gasteiger partial charge on any atom is 0.263 e. The molecular formula is C12H17ClN2OS. The van der Waals surface area contributed by atoms with Crippen molar-refractivity contribution >= 4 is 29.7 Å². The van der Waals surface area contributed by atoms with E-state index in [0.29, 0.717) is 0 Å². The summed E-state index contributed by atoms with van der Waals surface area (Å²) >= 11 is 1.69. The number of aryl methyl sites for hydroxylation is 2. The lowest BCUT2D eigenvalue weighted by Crippen LogP contribution is -2.31. The van der Waals surface area contributed by atoms with Gasteiger partial charge in [0.05, 0.1) is 4.88 Å². The predicted molar refractivity (Wildman–Crippen MR) is 72.1 cm³/mol. The van der Waals surface area contributed by atoms with Gasteiger partial charge in [0.25, 0.3) is 5.91 Å². The molecule has 2 aliphatic rings. The molecule has 0 bridgehead atoms. The molecule has 1 aromatic rings. The molecular weight excluding hydrogens is 256 g/mol. The van der Waals surface area contributed by atoms with Crippen LogP contribution in [0.2, 0.25) is 0 Å². The Morgan fingerprint density at radius 2 is 2.29 bits per heavy atom. The first kappa shape index (κ1) is 12.9. The van der Waals surface area contributed by atoms with Gasteiger partial charge in [-0.3, -0.25) is 4.79 Å². The normalized spacial score (nSPS) is 22.4. The molecule has 0 saturated carbocycles. The Morgan fingerprint density at radius 1 is 1.47 bits per heavy atom. The fourth-order valence-corrected chi connectivity index (χ4v) is 3.78. The Kier molecular flexibility index (Phi) is 3.76. The van der Waals surface area contributed by atoms with Crippen molar-refractivity contribution in [2.75, 3.05) is 13.1 Å². The molecule has 1 saturated heterocycles. The molecule has 2 N–H and O–H groups in total. The van der Waals surface area contributed by atoms with E-state index in [0.717, 1.165) is 37.2 Å². The second kappa shape index (κ2) is 4.96. The van der Waals surface area contributed by atoms with Crippen molar-refractivity contribution in [2.45, 2.75) is 31.7 Å². The first-order valence-corrected chi connectivity index (χ1v) is 6.72. The number of thiophene rings is 1. The number of nitrogens with two attached hydrogens (primary N) is 1. The van der Waals surface area contributed by atoms with Gasteiger partial charge in [-0.05, 0) is 37.3 Å². The fourth-order valence-electron chi connectivity index (χ4n) is 2.56. The number of carbonyl (C=O) groups is 1. The van der Waals surface area contributed by atoms with E-state index in [4.69, 9.17) is 5.73 Å².